The Bertz CT molecular complexity index is 1210. The van der Waals surface area contributed by atoms with Gasteiger partial charge in [-0.15, -0.1) is 11.3 Å². The average molecular weight is 465 g/mol. The lowest BCUT2D eigenvalue weighted by atomic mass is 10.2. The Balaban J connectivity index is 1.85. The number of thiazole rings is 1. The third-order valence-electron chi connectivity index (χ3n) is 4.11. The average Bonchev–Trinajstić information content (AvgIpc) is 3.15. The number of benzene rings is 2. The minimum atomic E-state index is 0.763. The maximum atomic E-state index is 5.31. The van der Waals surface area contributed by atoms with Crippen LogP contribution in [0.25, 0.3) is 11.3 Å². The van der Waals surface area contributed by atoms with Crippen LogP contribution in [0.15, 0.2) is 93.0 Å². The second kappa shape index (κ2) is 8.98. The Morgan fingerprint density at radius 2 is 1.90 bits per heavy atom. The normalized spacial score (nSPS) is 11.9. The van der Waals surface area contributed by atoms with Crippen molar-refractivity contribution < 1.29 is 4.74 Å². The van der Waals surface area contributed by atoms with Crippen molar-refractivity contribution >= 4 is 39.2 Å². The van der Waals surface area contributed by atoms with E-state index in [-0.39, 0.29) is 0 Å². The van der Waals surface area contributed by atoms with Crippen molar-refractivity contribution in [1.29, 1.82) is 0 Å². The van der Waals surface area contributed by atoms with Crippen molar-refractivity contribution in [2.45, 2.75) is 0 Å². The molecule has 4 rings (SSSR count). The van der Waals surface area contributed by atoms with Crippen molar-refractivity contribution in [2.24, 2.45) is 10.1 Å². The van der Waals surface area contributed by atoms with Gasteiger partial charge in [0.25, 0.3) is 0 Å². The van der Waals surface area contributed by atoms with Crippen LogP contribution >= 0.6 is 27.3 Å². The summed E-state index contributed by atoms with van der Waals surface area (Å²) in [6, 6.07) is 19.6. The highest BCUT2D eigenvalue weighted by atomic mass is 79.9. The minimum Gasteiger partial charge on any atom is -0.497 e. The molecule has 0 amide bonds. The molecule has 0 unspecified atom stereocenters. The maximum absolute atomic E-state index is 5.31. The Labute approximate surface area is 180 Å². The number of aromatic nitrogens is 2. The highest BCUT2D eigenvalue weighted by molar-refractivity contribution is 9.10. The van der Waals surface area contributed by atoms with Crippen LogP contribution in [-0.2, 0) is 0 Å². The Morgan fingerprint density at radius 1 is 1.07 bits per heavy atom. The zero-order chi connectivity index (χ0) is 20.1. The van der Waals surface area contributed by atoms with E-state index < -0.39 is 0 Å². The van der Waals surface area contributed by atoms with E-state index in [9.17, 15) is 0 Å². The van der Waals surface area contributed by atoms with Crippen molar-refractivity contribution in [3.05, 3.63) is 93.3 Å². The summed E-state index contributed by atoms with van der Waals surface area (Å²) in [6.07, 6.45) is 5.30. The highest BCUT2D eigenvalue weighted by Gasteiger charge is 2.08. The van der Waals surface area contributed by atoms with E-state index >= 15 is 0 Å². The number of hydrogen-bond acceptors (Lipinski definition) is 5. The monoisotopic (exact) mass is 464 g/mol. The maximum Gasteiger partial charge on any atom is 0.211 e. The number of halogens is 1. The molecule has 0 spiro atoms. The van der Waals surface area contributed by atoms with Gasteiger partial charge in [-0.25, -0.2) is 9.67 Å². The van der Waals surface area contributed by atoms with Gasteiger partial charge in [0.1, 0.15) is 5.75 Å². The number of pyridine rings is 1. The van der Waals surface area contributed by atoms with Gasteiger partial charge in [-0.1, -0.05) is 34.1 Å². The van der Waals surface area contributed by atoms with E-state index in [2.05, 4.69) is 38.4 Å². The van der Waals surface area contributed by atoms with Crippen LogP contribution < -0.4 is 9.54 Å². The largest absolute Gasteiger partial charge is 0.497 e. The van der Waals surface area contributed by atoms with E-state index in [4.69, 9.17) is 14.8 Å². The van der Waals surface area contributed by atoms with Crippen LogP contribution in [0.2, 0.25) is 0 Å². The van der Waals surface area contributed by atoms with Gasteiger partial charge in [0.2, 0.25) is 4.80 Å². The molecule has 2 aromatic carbocycles. The van der Waals surface area contributed by atoms with Gasteiger partial charge in [0, 0.05) is 33.9 Å². The van der Waals surface area contributed by atoms with Crippen LogP contribution in [0.1, 0.15) is 5.56 Å². The first-order valence-corrected chi connectivity index (χ1v) is 10.5. The summed E-state index contributed by atoms with van der Waals surface area (Å²) in [5.41, 5.74) is 3.78. The summed E-state index contributed by atoms with van der Waals surface area (Å²) < 4.78 is 8.18. The summed E-state index contributed by atoms with van der Waals surface area (Å²) in [4.78, 5) is 9.61. The number of hydrogen-bond donors (Lipinski definition) is 0. The van der Waals surface area contributed by atoms with E-state index in [0.717, 1.165) is 37.5 Å². The highest BCUT2D eigenvalue weighted by Crippen LogP contribution is 2.24. The molecule has 29 heavy (non-hydrogen) atoms. The van der Waals surface area contributed by atoms with Crippen LogP contribution in [0.4, 0.5) is 5.69 Å². The Hall–Kier alpha value is -3.03. The van der Waals surface area contributed by atoms with Gasteiger partial charge in [-0.05, 0) is 42.0 Å². The quantitative estimate of drug-likeness (QED) is 0.366. The first kappa shape index (κ1) is 19.3. The van der Waals surface area contributed by atoms with Crippen molar-refractivity contribution in [2.75, 3.05) is 7.11 Å². The van der Waals surface area contributed by atoms with Gasteiger partial charge in [-0.2, -0.15) is 5.10 Å². The van der Waals surface area contributed by atoms with E-state index in [0.29, 0.717) is 0 Å². The second-order valence-electron chi connectivity index (χ2n) is 6.06. The predicted octanol–water partition coefficient (Wildman–Crippen LogP) is 5.50. The molecule has 2 heterocycles. The third kappa shape index (κ3) is 4.70. The fraction of sp³-hybridized carbons (Fsp3) is 0.0455. The van der Waals surface area contributed by atoms with Crippen LogP contribution in [0.3, 0.4) is 0 Å². The fourth-order valence-corrected chi connectivity index (χ4v) is 3.95. The summed E-state index contributed by atoms with van der Waals surface area (Å²) in [6.45, 7) is 0. The Morgan fingerprint density at radius 3 is 2.69 bits per heavy atom. The lowest BCUT2D eigenvalue weighted by Gasteiger charge is -2.04. The summed E-state index contributed by atoms with van der Waals surface area (Å²) >= 11 is 5.08. The van der Waals surface area contributed by atoms with E-state index in [1.54, 1.807) is 25.7 Å². The molecular weight excluding hydrogens is 448 g/mol. The fourth-order valence-electron chi connectivity index (χ4n) is 2.70. The molecule has 0 N–H and O–H groups in total. The predicted molar refractivity (Wildman–Crippen MR) is 121 cm³/mol. The van der Waals surface area contributed by atoms with Crippen LogP contribution in [-0.4, -0.2) is 23.0 Å². The summed E-state index contributed by atoms with van der Waals surface area (Å²) in [5.74, 6) is 0.766. The Kier molecular flexibility index (Phi) is 5.97. The van der Waals surface area contributed by atoms with Gasteiger partial charge in [0.15, 0.2) is 0 Å². The molecule has 0 saturated heterocycles. The summed E-state index contributed by atoms with van der Waals surface area (Å²) in [5, 5.41) is 6.78. The molecule has 4 aromatic rings. The van der Waals surface area contributed by atoms with Gasteiger partial charge in [0.05, 0.1) is 24.7 Å². The van der Waals surface area contributed by atoms with E-state index in [1.807, 2.05) is 53.2 Å². The van der Waals surface area contributed by atoms with Crippen molar-refractivity contribution in [3.63, 3.8) is 0 Å². The summed E-state index contributed by atoms with van der Waals surface area (Å²) in [7, 11) is 1.65. The molecule has 0 bridgehead atoms. The number of rotatable bonds is 5. The molecule has 0 fully saturated rings. The topological polar surface area (TPSA) is 51.8 Å². The molecular formula is C22H17BrN4OS. The lowest BCUT2D eigenvalue weighted by molar-refractivity contribution is 0.415. The molecule has 0 atom stereocenters. The molecule has 0 aliphatic heterocycles. The number of ether oxygens (including phenoxy) is 1. The van der Waals surface area contributed by atoms with Crippen molar-refractivity contribution in [1.82, 2.24) is 9.66 Å². The van der Waals surface area contributed by atoms with Crippen LogP contribution in [0.5, 0.6) is 5.75 Å². The first-order chi connectivity index (χ1) is 14.2. The zero-order valence-corrected chi connectivity index (χ0v) is 18.0. The number of methoxy groups -OCH3 is 1. The molecule has 0 aliphatic carbocycles. The van der Waals surface area contributed by atoms with E-state index in [1.165, 1.54) is 11.3 Å². The zero-order valence-electron chi connectivity index (χ0n) is 15.6. The molecule has 144 valence electrons. The first-order valence-electron chi connectivity index (χ1n) is 8.82. The van der Waals surface area contributed by atoms with Gasteiger partial charge in [-0.3, -0.25) is 4.98 Å². The molecule has 0 aliphatic rings. The third-order valence-corrected chi connectivity index (χ3v) is 5.42. The molecule has 0 radical (unpaired) electrons. The molecule has 0 saturated carbocycles. The van der Waals surface area contributed by atoms with Gasteiger partial charge < -0.3 is 4.74 Å². The SMILES string of the molecule is COc1cccc(N=c2scc(-c3cccc(Br)c3)n2/N=C\c2ccncc2)c1. The van der Waals surface area contributed by atoms with Gasteiger partial charge >= 0.3 is 0 Å². The number of nitrogens with zero attached hydrogens (tertiary/aromatic N) is 4. The van der Waals surface area contributed by atoms with Crippen molar-refractivity contribution in [3.8, 4) is 17.0 Å². The second-order valence-corrected chi connectivity index (χ2v) is 7.82. The molecule has 5 nitrogen and oxygen atoms in total. The lowest BCUT2D eigenvalue weighted by Crippen LogP contribution is -2.11. The standard InChI is InChI=1S/C22H17BrN4OS/c1-28-20-7-3-6-19(13-20)26-22-27(25-14-16-8-10-24-11-9-16)21(15-29-22)17-4-2-5-18(23)12-17/h2-15H,1H3/b25-14-,26-22?. The van der Waals surface area contributed by atoms with Crippen LogP contribution in [0, 0.1) is 0 Å². The minimum absolute atomic E-state index is 0.763. The smallest absolute Gasteiger partial charge is 0.211 e. The molecule has 2 aromatic heterocycles. The molecule has 7 heteroatoms.